The van der Waals surface area contributed by atoms with Gasteiger partial charge in [-0.3, -0.25) is 9.36 Å². The summed E-state index contributed by atoms with van der Waals surface area (Å²) >= 11 is 0. The Bertz CT molecular complexity index is 1050. The lowest BCUT2D eigenvalue weighted by atomic mass is 10.1. The molecule has 146 valence electrons. The molecular formula is C21H26N6O. The SMILES string of the molecule is CC#CCn1c(N2CCCC(N)C2)nc2ccn(CC3=CNCC=C3)c(=O)c21. The van der Waals surface area contributed by atoms with Crippen LogP contribution in [0.5, 0.6) is 0 Å². The zero-order chi connectivity index (χ0) is 19.5. The van der Waals surface area contributed by atoms with E-state index in [-0.39, 0.29) is 11.6 Å². The van der Waals surface area contributed by atoms with Crippen LogP contribution in [0.25, 0.3) is 11.0 Å². The largest absolute Gasteiger partial charge is 0.387 e. The highest BCUT2D eigenvalue weighted by Crippen LogP contribution is 2.23. The lowest BCUT2D eigenvalue weighted by molar-refractivity contribution is 0.496. The van der Waals surface area contributed by atoms with Crippen LogP contribution >= 0.6 is 0 Å². The van der Waals surface area contributed by atoms with Gasteiger partial charge in [-0.2, -0.15) is 0 Å². The standard InChI is InChI=1S/C21H26N6O/c1-2-3-11-27-19-18(24-21(27)26-10-5-7-17(22)15-26)8-12-25(20(19)28)14-16-6-4-9-23-13-16/h4,6,8,12-13,17,23H,5,7,9-11,14-15,22H2,1H3. The molecule has 0 saturated carbocycles. The van der Waals surface area contributed by atoms with Crippen molar-refractivity contribution in [3.8, 4) is 11.8 Å². The number of allylic oxidation sites excluding steroid dienone is 2. The van der Waals surface area contributed by atoms with Gasteiger partial charge in [0.2, 0.25) is 5.95 Å². The maximum absolute atomic E-state index is 13.3. The van der Waals surface area contributed by atoms with Crippen LogP contribution in [0.1, 0.15) is 19.8 Å². The van der Waals surface area contributed by atoms with Crippen LogP contribution < -0.4 is 21.5 Å². The Morgan fingerprint density at radius 3 is 3.07 bits per heavy atom. The Balaban J connectivity index is 1.79. The van der Waals surface area contributed by atoms with Crippen molar-refractivity contribution in [3.63, 3.8) is 0 Å². The molecule has 0 aromatic carbocycles. The minimum atomic E-state index is -0.0460. The zero-order valence-corrected chi connectivity index (χ0v) is 16.2. The molecule has 1 atom stereocenters. The Kier molecular flexibility index (Phi) is 5.22. The number of nitrogens with two attached hydrogens (primary N) is 1. The average molecular weight is 378 g/mol. The minimum Gasteiger partial charge on any atom is -0.387 e. The highest BCUT2D eigenvalue weighted by atomic mass is 16.1. The quantitative estimate of drug-likeness (QED) is 0.781. The molecule has 2 aromatic rings. The van der Waals surface area contributed by atoms with Gasteiger partial charge in [0, 0.05) is 38.1 Å². The van der Waals surface area contributed by atoms with Gasteiger partial charge in [0.25, 0.3) is 5.56 Å². The topological polar surface area (TPSA) is 81.1 Å². The first-order chi connectivity index (χ1) is 13.7. The van der Waals surface area contributed by atoms with Gasteiger partial charge in [0.05, 0.1) is 18.6 Å². The van der Waals surface area contributed by atoms with Crippen molar-refractivity contribution in [2.45, 2.75) is 38.9 Å². The fourth-order valence-electron chi connectivity index (χ4n) is 3.84. The first-order valence-electron chi connectivity index (χ1n) is 9.76. The highest BCUT2D eigenvalue weighted by molar-refractivity contribution is 5.78. The van der Waals surface area contributed by atoms with E-state index in [4.69, 9.17) is 10.7 Å². The third-order valence-corrected chi connectivity index (χ3v) is 5.21. The van der Waals surface area contributed by atoms with Gasteiger partial charge in [-0.05, 0) is 31.4 Å². The van der Waals surface area contributed by atoms with Crippen LogP contribution in [0.3, 0.4) is 0 Å². The Labute approximate surface area is 164 Å². The van der Waals surface area contributed by atoms with E-state index in [2.05, 4.69) is 28.1 Å². The summed E-state index contributed by atoms with van der Waals surface area (Å²) in [7, 11) is 0. The number of hydrogen-bond acceptors (Lipinski definition) is 5. The predicted octanol–water partition coefficient (Wildman–Crippen LogP) is 1.19. The number of nitrogens with zero attached hydrogens (tertiary/aromatic N) is 4. The third-order valence-electron chi connectivity index (χ3n) is 5.21. The number of piperidine rings is 1. The second-order valence-corrected chi connectivity index (χ2v) is 7.29. The van der Waals surface area contributed by atoms with Crippen molar-refractivity contribution in [1.29, 1.82) is 0 Å². The summed E-state index contributed by atoms with van der Waals surface area (Å²) in [6.45, 7) is 5.24. The van der Waals surface area contributed by atoms with E-state index in [0.717, 1.165) is 44.0 Å². The number of aromatic nitrogens is 3. The summed E-state index contributed by atoms with van der Waals surface area (Å²) in [4.78, 5) is 20.3. The summed E-state index contributed by atoms with van der Waals surface area (Å²) in [6.07, 6.45) is 9.93. The van der Waals surface area contributed by atoms with Crippen LogP contribution in [0, 0.1) is 11.8 Å². The molecule has 28 heavy (non-hydrogen) atoms. The van der Waals surface area contributed by atoms with Gasteiger partial charge in [0.1, 0.15) is 5.52 Å². The van der Waals surface area contributed by atoms with Gasteiger partial charge >= 0.3 is 0 Å². The van der Waals surface area contributed by atoms with Gasteiger partial charge in [0.15, 0.2) is 0 Å². The molecule has 7 heteroatoms. The number of nitrogens with one attached hydrogen (secondary N) is 1. The van der Waals surface area contributed by atoms with Crippen LogP contribution in [0.2, 0.25) is 0 Å². The zero-order valence-electron chi connectivity index (χ0n) is 16.2. The molecule has 1 fully saturated rings. The van der Waals surface area contributed by atoms with E-state index in [1.807, 2.05) is 36.0 Å². The van der Waals surface area contributed by atoms with Crippen LogP contribution in [-0.4, -0.2) is 39.8 Å². The van der Waals surface area contributed by atoms with Gasteiger partial charge in [-0.1, -0.05) is 18.1 Å². The summed E-state index contributed by atoms with van der Waals surface area (Å²) in [5, 5.41) is 3.18. The summed E-state index contributed by atoms with van der Waals surface area (Å²) < 4.78 is 3.68. The van der Waals surface area contributed by atoms with Crippen molar-refractivity contribution in [3.05, 3.63) is 46.5 Å². The predicted molar refractivity (Wildman–Crippen MR) is 112 cm³/mol. The highest BCUT2D eigenvalue weighted by Gasteiger charge is 2.24. The van der Waals surface area contributed by atoms with Crippen molar-refractivity contribution >= 4 is 17.0 Å². The summed E-state index contributed by atoms with van der Waals surface area (Å²) in [5.41, 5.74) is 8.50. The molecule has 0 amide bonds. The van der Waals surface area contributed by atoms with Crippen molar-refractivity contribution in [1.82, 2.24) is 19.4 Å². The molecule has 0 bridgehead atoms. The molecule has 1 unspecified atom stereocenters. The number of imidazole rings is 1. The first-order valence-corrected chi connectivity index (χ1v) is 9.76. The number of fused-ring (bicyclic) bond motifs is 1. The molecule has 7 nitrogen and oxygen atoms in total. The monoisotopic (exact) mass is 378 g/mol. The third kappa shape index (κ3) is 3.56. The molecule has 2 aromatic heterocycles. The van der Waals surface area contributed by atoms with Crippen molar-refractivity contribution in [2.24, 2.45) is 5.73 Å². The molecule has 2 aliphatic rings. The molecule has 0 aliphatic carbocycles. The maximum Gasteiger partial charge on any atom is 0.277 e. The maximum atomic E-state index is 13.3. The van der Waals surface area contributed by atoms with E-state index in [1.165, 1.54) is 0 Å². The number of anilines is 1. The van der Waals surface area contributed by atoms with E-state index < -0.39 is 0 Å². The van der Waals surface area contributed by atoms with Crippen LogP contribution in [0.15, 0.2) is 41.0 Å². The van der Waals surface area contributed by atoms with E-state index in [9.17, 15) is 4.79 Å². The molecule has 4 rings (SSSR count). The molecule has 3 N–H and O–H groups in total. The molecule has 0 spiro atoms. The van der Waals surface area contributed by atoms with Crippen LogP contribution in [-0.2, 0) is 13.1 Å². The molecular weight excluding hydrogens is 352 g/mol. The lowest BCUT2D eigenvalue weighted by Gasteiger charge is -2.31. The van der Waals surface area contributed by atoms with E-state index in [1.54, 1.807) is 4.57 Å². The smallest absolute Gasteiger partial charge is 0.277 e. The second kappa shape index (κ2) is 7.95. The molecule has 0 radical (unpaired) electrons. The fourth-order valence-corrected chi connectivity index (χ4v) is 3.84. The normalized spacial score (nSPS) is 19.1. The van der Waals surface area contributed by atoms with Crippen molar-refractivity contribution in [2.75, 3.05) is 24.5 Å². The first kappa shape index (κ1) is 18.4. The lowest BCUT2D eigenvalue weighted by Crippen LogP contribution is -2.44. The number of dihydropyridines is 1. The van der Waals surface area contributed by atoms with Crippen molar-refractivity contribution < 1.29 is 0 Å². The molecule has 2 aliphatic heterocycles. The average Bonchev–Trinajstić information content (AvgIpc) is 3.08. The molecule has 4 heterocycles. The second-order valence-electron chi connectivity index (χ2n) is 7.29. The number of pyridine rings is 1. The summed E-state index contributed by atoms with van der Waals surface area (Å²) in [6, 6.07) is 2.05. The Morgan fingerprint density at radius 2 is 2.32 bits per heavy atom. The van der Waals surface area contributed by atoms with E-state index >= 15 is 0 Å². The van der Waals surface area contributed by atoms with Gasteiger partial charge < -0.3 is 20.5 Å². The Hall–Kier alpha value is -2.98. The number of hydrogen-bond donors (Lipinski definition) is 2. The van der Waals surface area contributed by atoms with Gasteiger partial charge in [-0.25, -0.2) is 4.98 Å². The van der Waals surface area contributed by atoms with Gasteiger partial charge in [-0.15, -0.1) is 5.92 Å². The van der Waals surface area contributed by atoms with E-state index in [0.29, 0.717) is 24.1 Å². The Morgan fingerprint density at radius 1 is 1.43 bits per heavy atom. The fraction of sp³-hybridized carbons (Fsp3) is 0.429. The molecule has 1 saturated heterocycles. The number of rotatable bonds is 4. The summed E-state index contributed by atoms with van der Waals surface area (Å²) in [5.74, 6) is 6.82. The van der Waals surface area contributed by atoms with Crippen LogP contribution in [0.4, 0.5) is 5.95 Å². The minimum absolute atomic E-state index is 0.0460.